The van der Waals surface area contributed by atoms with Crippen molar-refractivity contribution in [3.8, 4) is 0 Å². The first-order chi connectivity index (χ1) is 16.1. The van der Waals surface area contributed by atoms with Gasteiger partial charge in [-0.1, -0.05) is 72.5 Å². The number of hydrogen-bond acceptors (Lipinski definition) is 2. The van der Waals surface area contributed by atoms with Crippen LogP contribution in [0.5, 0.6) is 0 Å². The maximum Gasteiger partial charge on any atom is 0.164 e. The van der Waals surface area contributed by atoms with E-state index in [4.69, 9.17) is 4.74 Å². The molecule has 8 atom stereocenters. The van der Waals surface area contributed by atoms with Crippen LogP contribution in [-0.4, -0.2) is 25.1 Å². The van der Waals surface area contributed by atoms with Gasteiger partial charge in [0.25, 0.3) is 0 Å². The Morgan fingerprint density at radius 1 is 1.03 bits per heavy atom. The Labute approximate surface area is 212 Å². The highest BCUT2D eigenvalue weighted by Crippen LogP contribution is 2.67. The highest BCUT2D eigenvalue weighted by molar-refractivity contribution is 5.25. The summed E-state index contributed by atoms with van der Waals surface area (Å²) in [7, 11) is 4.24. The smallest absolute Gasteiger partial charge is 0.164 e. The van der Waals surface area contributed by atoms with E-state index in [-0.39, 0.29) is 0 Å². The molecule has 34 heavy (non-hydrogen) atoms. The van der Waals surface area contributed by atoms with Crippen LogP contribution in [0.1, 0.15) is 119 Å². The molecule has 0 aliphatic heterocycles. The molecular formula is C32H56NO. The van der Waals surface area contributed by atoms with Crippen LogP contribution in [0.15, 0.2) is 11.6 Å². The van der Waals surface area contributed by atoms with Gasteiger partial charge < -0.3 is 4.74 Å². The van der Waals surface area contributed by atoms with Gasteiger partial charge in [0.1, 0.15) is 0 Å². The molecule has 195 valence electrons. The molecule has 2 heteroatoms. The summed E-state index contributed by atoms with van der Waals surface area (Å²) in [5.41, 5.74) is 2.77. The molecule has 0 bridgehead atoms. The molecule has 0 aromatic rings. The van der Waals surface area contributed by atoms with E-state index in [2.05, 4.69) is 66.6 Å². The van der Waals surface area contributed by atoms with Gasteiger partial charge in [0, 0.05) is 0 Å². The van der Waals surface area contributed by atoms with E-state index in [1.165, 1.54) is 64.2 Å². The van der Waals surface area contributed by atoms with Gasteiger partial charge in [-0.2, -0.15) is 0 Å². The number of hydrogen-bond donors (Lipinski definition) is 0. The van der Waals surface area contributed by atoms with Crippen molar-refractivity contribution in [3.05, 3.63) is 17.9 Å². The highest BCUT2D eigenvalue weighted by atomic mass is 16.5. The molecule has 0 amide bonds. The second-order valence-corrected chi connectivity index (χ2v) is 13.9. The molecule has 4 aliphatic carbocycles. The minimum absolute atomic E-state index is 0.379. The van der Waals surface area contributed by atoms with E-state index in [0.29, 0.717) is 16.9 Å². The van der Waals surface area contributed by atoms with Crippen LogP contribution in [0.4, 0.5) is 0 Å². The van der Waals surface area contributed by atoms with Crippen molar-refractivity contribution in [1.29, 1.82) is 0 Å². The first kappa shape index (κ1) is 26.7. The van der Waals surface area contributed by atoms with E-state index in [0.717, 1.165) is 54.6 Å². The Balaban J connectivity index is 1.44. The number of fused-ring (bicyclic) bond motifs is 5. The third-order valence-electron chi connectivity index (χ3n) is 11.4. The van der Waals surface area contributed by atoms with Crippen LogP contribution in [0.3, 0.4) is 0 Å². The summed E-state index contributed by atoms with van der Waals surface area (Å²) in [5.74, 6) is 5.52. The van der Waals surface area contributed by atoms with E-state index in [9.17, 15) is 0 Å². The van der Waals surface area contributed by atoms with Crippen molar-refractivity contribution in [2.75, 3.05) is 14.1 Å². The zero-order valence-electron chi connectivity index (χ0n) is 24.0. The van der Waals surface area contributed by atoms with E-state index in [1.807, 2.05) is 0 Å². The third kappa shape index (κ3) is 4.93. The second-order valence-electron chi connectivity index (χ2n) is 13.9. The second kappa shape index (κ2) is 10.6. The van der Waals surface area contributed by atoms with Crippen molar-refractivity contribution in [3.63, 3.8) is 0 Å². The average Bonchev–Trinajstić information content (AvgIpc) is 3.14. The van der Waals surface area contributed by atoms with Gasteiger partial charge in [-0.3, -0.25) is 4.90 Å². The van der Waals surface area contributed by atoms with E-state index >= 15 is 0 Å². The number of allylic oxidation sites excluding steroid dienone is 1. The van der Waals surface area contributed by atoms with Gasteiger partial charge in [-0.15, -0.1) is 0 Å². The topological polar surface area (TPSA) is 12.5 Å². The van der Waals surface area contributed by atoms with Crippen LogP contribution in [0.2, 0.25) is 0 Å². The molecule has 0 heterocycles. The summed E-state index contributed by atoms with van der Waals surface area (Å²) < 4.78 is 6.51. The van der Waals surface area contributed by atoms with Gasteiger partial charge >= 0.3 is 0 Å². The number of nitrogens with zero attached hydrogens (tertiary/aromatic N) is 1. The quantitative estimate of drug-likeness (QED) is 0.312. The standard InChI is InChI=1S/C32H56NO/c1-9-30(33(7)8)34-25-17-19-31(5)24(21-25)13-14-26-28-16-15-27(23(4)12-10-11-22(2)3)32(28,6)20-18-29(26)31/h13,22-23,25-29H,9-12,14-21H2,1-8H3/t23-,25+,26+,27-,28+,29+,31+,32-/m1/s1. The summed E-state index contributed by atoms with van der Waals surface area (Å²) in [5, 5.41) is 0. The predicted octanol–water partition coefficient (Wildman–Crippen LogP) is 8.87. The van der Waals surface area contributed by atoms with Gasteiger partial charge in [-0.05, 0) is 118 Å². The maximum absolute atomic E-state index is 6.51. The molecule has 4 rings (SSSR count). The Morgan fingerprint density at radius 3 is 2.47 bits per heavy atom. The first-order valence-corrected chi connectivity index (χ1v) is 15.0. The molecule has 4 aliphatic rings. The lowest BCUT2D eigenvalue weighted by Gasteiger charge is -2.58. The highest BCUT2D eigenvalue weighted by Gasteiger charge is 2.59. The van der Waals surface area contributed by atoms with Crippen molar-refractivity contribution >= 4 is 0 Å². The molecule has 0 unspecified atom stereocenters. The maximum atomic E-state index is 6.51. The van der Waals surface area contributed by atoms with Crippen LogP contribution in [0.25, 0.3) is 0 Å². The Hall–Kier alpha value is -0.340. The minimum atomic E-state index is 0.379. The molecule has 3 saturated carbocycles. The summed E-state index contributed by atoms with van der Waals surface area (Å²) >= 11 is 0. The van der Waals surface area contributed by atoms with Gasteiger partial charge in [0.2, 0.25) is 0 Å². The molecule has 3 fully saturated rings. The lowest BCUT2D eigenvalue weighted by molar-refractivity contribution is -0.0707. The van der Waals surface area contributed by atoms with Crippen LogP contribution >= 0.6 is 0 Å². The number of rotatable bonds is 9. The summed E-state index contributed by atoms with van der Waals surface area (Å²) in [6.45, 7) is 14.9. The Kier molecular flexibility index (Phi) is 8.30. The molecule has 2 nitrogen and oxygen atoms in total. The summed E-state index contributed by atoms with van der Waals surface area (Å²) in [6, 6.07) is 0. The van der Waals surface area contributed by atoms with Crippen LogP contribution < -0.4 is 0 Å². The fraction of sp³-hybridized carbons (Fsp3) is 0.906. The Morgan fingerprint density at radius 2 is 1.79 bits per heavy atom. The normalized spacial score (nSPS) is 40.8. The third-order valence-corrected chi connectivity index (χ3v) is 11.4. The fourth-order valence-corrected chi connectivity index (χ4v) is 9.45. The van der Waals surface area contributed by atoms with Gasteiger partial charge in [-0.25, -0.2) is 0 Å². The summed E-state index contributed by atoms with van der Waals surface area (Å²) in [4.78, 5) is 2.17. The van der Waals surface area contributed by atoms with Crippen LogP contribution in [0, 0.1) is 52.6 Å². The zero-order chi connectivity index (χ0) is 24.7. The number of ether oxygens (including phenoxy) is 1. The van der Waals surface area contributed by atoms with Crippen molar-refractivity contribution in [2.45, 2.75) is 125 Å². The SMILES string of the molecule is CC[C](O[C@H]1CC[C@@]2(C)C(=CC[C@H]3[C@@H]4CC[C@H]([C@H](C)CCCC(C)C)[C@@]4(C)CC[C@@H]32)C1)N(C)C. The molecular weight excluding hydrogens is 414 g/mol. The monoisotopic (exact) mass is 470 g/mol. The van der Waals surface area contributed by atoms with E-state index < -0.39 is 0 Å². The van der Waals surface area contributed by atoms with Crippen molar-refractivity contribution < 1.29 is 4.74 Å². The lowest BCUT2D eigenvalue weighted by Crippen LogP contribution is -2.51. The lowest BCUT2D eigenvalue weighted by atomic mass is 9.47. The predicted molar refractivity (Wildman–Crippen MR) is 145 cm³/mol. The molecule has 0 aromatic carbocycles. The minimum Gasteiger partial charge on any atom is -0.352 e. The fourth-order valence-electron chi connectivity index (χ4n) is 9.45. The molecule has 1 radical (unpaired) electrons. The summed E-state index contributed by atoms with van der Waals surface area (Å²) in [6.07, 6.45) is 20.5. The van der Waals surface area contributed by atoms with Crippen molar-refractivity contribution in [2.24, 2.45) is 46.3 Å². The molecule has 0 spiro atoms. The first-order valence-electron chi connectivity index (χ1n) is 15.0. The zero-order valence-corrected chi connectivity index (χ0v) is 24.0. The van der Waals surface area contributed by atoms with Crippen molar-refractivity contribution in [1.82, 2.24) is 4.90 Å². The molecule has 0 N–H and O–H groups in total. The molecule has 0 saturated heterocycles. The van der Waals surface area contributed by atoms with E-state index in [1.54, 1.807) is 5.57 Å². The molecule has 0 aromatic heterocycles. The average molecular weight is 471 g/mol. The van der Waals surface area contributed by atoms with Crippen LogP contribution in [-0.2, 0) is 4.74 Å². The van der Waals surface area contributed by atoms with Gasteiger partial charge in [0.05, 0.1) is 6.10 Å². The Bertz CT molecular complexity index is 712. The largest absolute Gasteiger partial charge is 0.352 e. The van der Waals surface area contributed by atoms with Gasteiger partial charge in [0.15, 0.2) is 6.23 Å².